The van der Waals surface area contributed by atoms with Gasteiger partial charge in [0.2, 0.25) is 0 Å². The molecular weight excluding hydrogens is 287 g/mol. The van der Waals surface area contributed by atoms with Crippen molar-refractivity contribution in [3.8, 4) is 0 Å². The summed E-state index contributed by atoms with van der Waals surface area (Å²) in [5, 5.41) is 4.93. The number of benzene rings is 1. The van der Waals surface area contributed by atoms with Gasteiger partial charge in [-0.2, -0.15) is 18.2 Å². The van der Waals surface area contributed by atoms with Crippen LogP contribution in [0.5, 0.6) is 0 Å². The molecule has 2 aromatic rings. The molecule has 1 heterocycles. The Hall–Kier alpha value is -2.38. The molecule has 21 heavy (non-hydrogen) atoms. The number of hydrogen-bond acceptors (Lipinski definition) is 4. The minimum atomic E-state index is -4.72. The lowest BCUT2D eigenvalue weighted by atomic mass is 10.00. The molecule has 1 N–H and O–H groups in total. The highest BCUT2D eigenvalue weighted by Gasteiger charge is 2.37. The molecule has 1 aromatic carbocycles. The first-order valence-corrected chi connectivity index (χ1v) is 5.98. The van der Waals surface area contributed by atoms with E-state index in [4.69, 9.17) is 0 Å². The van der Waals surface area contributed by atoms with Crippen molar-refractivity contribution in [1.82, 2.24) is 10.1 Å². The van der Waals surface area contributed by atoms with Crippen LogP contribution in [0.1, 0.15) is 32.9 Å². The van der Waals surface area contributed by atoms with Gasteiger partial charge in [0.1, 0.15) is 0 Å². The molecule has 0 aliphatic rings. The molecule has 0 aliphatic heterocycles. The largest absolute Gasteiger partial charge is 0.455 e. The van der Waals surface area contributed by atoms with E-state index in [-0.39, 0.29) is 0 Å². The van der Waals surface area contributed by atoms with Gasteiger partial charge < -0.3 is 4.52 Å². The van der Waals surface area contributed by atoms with E-state index in [0.717, 1.165) is 16.7 Å². The number of nitrogens with zero attached hydrogens (tertiary/aromatic N) is 2. The van der Waals surface area contributed by atoms with Crippen molar-refractivity contribution in [2.45, 2.75) is 26.9 Å². The van der Waals surface area contributed by atoms with Crippen molar-refractivity contribution < 1.29 is 22.5 Å². The summed E-state index contributed by atoms with van der Waals surface area (Å²) >= 11 is 0. The summed E-state index contributed by atoms with van der Waals surface area (Å²) in [5.74, 6) is -2.04. The third kappa shape index (κ3) is 3.21. The van der Waals surface area contributed by atoms with E-state index >= 15 is 0 Å². The first-order chi connectivity index (χ1) is 9.68. The Bertz CT molecular complexity index is 692. The molecule has 0 radical (unpaired) electrons. The van der Waals surface area contributed by atoms with Crippen molar-refractivity contribution >= 4 is 11.9 Å². The van der Waals surface area contributed by atoms with E-state index in [0.29, 0.717) is 5.56 Å². The first-order valence-electron chi connectivity index (χ1n) is 5.98. The monoisotopic (exact) mass is 299 g/mol. The van der Waals surface area contributed by atoms with Gasteiger partial charge in [0.05, 0.1) is 0 Å². The van der Waals surface area contributed by atoms with Crippen LogP contribution in [0.3, 0.4) is 0 Å². The molecule has 0 saturated carbocycles. The highest BCUT2D eigenvalue weighted by atomic mass is 19.4. The van der Waals surface area contributed by atoms with Crippen LogP contribution in [-0.4, -0.2) is 16.0 Å². The maximum absolute atomic E-state index is 12.3. The third-order valence-electron chi connectivity index (χ3n) is 2.96. The van der Waals surface area contributed by atoms with Crippen molar-refractivity contribution in [1.29, 1.82) is 0 Å². The molecule has 112 valence electrons. The lowest BCUT2D eigenvalue weighted by molar-refractivity contribution is -0.146. The zero-order valence-corrected chi connectivity index (χ0v) is 11.5. The van der Waals surface area contributed by atoms with Crippen LogP contribution < -0.4 is 5.32 Å². The molecule has 1 amide bonds. The number of hydrogen-bond donors (Lipinski definition) is 1. The fourth-order valence-electron chi connectivity index (χ4n) is 1.83. The SMILES string of the molecule is Cc1cc(C)c(C)c(C(=O)Nc2nc(C(F)(F)F)no2)c1. The Balaban J connectivity index is 2.25. The summed E-state index contributed by atoms with van der Waals surface area (Å²) < 4.78 is 41.4. The molecule has 0 unspecified atom stereocenters. The molecular formula is C13H12F3N3O2. The zero-order valence-electron chi connectivity index (χ0n) is 11.5. The zero-order chi connectivity index (χ0) is 15.8. The molecule has 5 nitrogen and oxygen atoms in total. The van der Waals surface area contributed by atoms with Crippen LogP contribution in [0.4, 0.5) is 19.2 Å². The quantitative estimate of drug-likeness (QED) is 0.924. The molecule has 0 bridgehead atoms. The van der Waals surface area contributed by atoms with Crippen LogP contribution in [0.15, 0.2) is 16.7 Å². The molecule has 2 rings (SSSR count). The Labute approximate surface area is 118 Å². The van der Waals surface area contributed by atoms with Gasteiger partial charge >= 0.3 is 12.2 Å². The summed E-state index contributed by atoms with van der Waals surface area (Å²) in [4.78, 5) is 15.2. The Morgan fingerprint density at radius 1 is 1.24 bits per heavy atom. The van der Waals surface area contributed by atoms with Crippen LogP contribution in [-0.2, 0) is 6.18 Å². The fourth-order valence-corrected chi connectivity index (χ4v) is 1.83. The van der Waals surface area contributed by atoms with Crippen molar-refractivity contribution in [3.05, 3.63) is 40.2 Å². The average Bonchev–Trinajstić information content (AvgIpc) is 2.82. The predicted molar refractivity (Wildman–Crippen MR) is 67.9 cm³/mol. The summed E-state index contributed by atoms with van der Waals surface area (Å²) in [6, 6.07) is 2.95. The third-order valence-corrected chi connectivity index (χ3v) is 2.96. The number of carbonyl (C=O) groups excluding carboxylic acids is 1. The highest BCUT2D eigenvalue weighted by molar-refractivity contribution is 6.04. The van der Waals surface area contributed by atoms with E-state index < -0.39 is 23.9 Å². The lowest BCUT2D eigenvalue weighted by Crippen LogP contribution is -2.15. The molecule has 1 aromatic heterocycles. The van der Waals surface area contributed by atoms with Crippen molar-refractivity contribution in [2.24, 2.45) is 0 Å². The second-order valence-corrected chi connectivity index (χ2v) is 4.63. The minimum absolute atomic E-state index is 0.347. The number of aryl methyl sites for hydroxylation is 2. The van der Waals surface area contributed by atoms with Crippen molar-refractivity contribution in [3.63, 3.8) is 0 Å². The van der Waals surface area contributed by atoms with E-state index in [9.17, 15) is 18.0 Å². The fraction of sp³-hybridized carbons (Fsp3) is 0.308. The first kappa shape index (κ1) is 15.0. The van der Waals surface area contributed by atoms with Gasteiger partial charge in [-0.25, -0.2) is 0 Å². The van der Waals surface area contributed by atoms with Crippen LogP contribution in [0.25, 0.3) is 0 Å². The van der Waals surface area contributed by atoms with Gasteiger partial charge in [-0.1, -0.05) is 11.6 Å². The van der Waals surface area contributed by atoms with Crippen LogP contribution in [0, 0.1) is 20.8 Å². The highest BCUT2D eigenvalue weighted by Crippen LogP contribution is 2.27. The number of amides is 1. The summed E-state index contributed by atoms with van der Waals surface area (Å²) in [6.45, 7) is 5.41. The number of anilines is 1. The van der Waals surface area contributed by atoms with Gasteiger partial charge in [0.15, 0.2) is 0 Å². The van der Waals surface area contributed by atoms with Gasteiger partial charge in [0, 0.05) is 5.56 Å². The minimum Gasteiger partial charge on any atom is -0.315 e. The number of rotatable bonds is 2. The summed E-state index contributed by atoms with van der Waals surface area (Å²) in [6.07, 6.45) is -4.72. The molecule has 0 aliphatic carbocycles. The number of aromatic nitrogens is 2. The second kappa shape index (κ2) is 5.19. The molecule has 8 heteroatoms. The standard InChI is InChI=1S/C13H12F3N3O2/c1-6-4-7(2)8(3)9(5-6)10(20)17-12-18-11(19-21-12)13(14,15)16/h4-5H,1-3H3,(H,17,18,19,20). The molecule has 0 spiro atoms. The van der Waals surface area contributed by atoms with Gasteiger partial charge in [-0.15, -0.1) is 0 Å². The van der Waals surface area contributed by atoms with E-state index in [1.807, 2.05) is 19.9 Å². The topological polar surface area (TPSA) is 68.0 Å². The summed E-state index contributed by atoms with van der Waals surface area (Å²) in [5.41, 5.74) is 2.85. The number of halogens is 3. The normalized spacial score (nSPS) is 11.5. The van der Waals surface area contributed by atoms with E-state index in [1.165, 1.54) is 0 Å². The maximum Gasteiger partial charge on any atom is 0.455 e. The Morgan fingerprint density at radius 2 is 1.90 bits per heavy atom. The van der Waals surface area contributed by atoms with Crippen LogP contribution in [0.2, 0.25) is 0 Å². The Kier molecular flexibility index (Phi) is 3.71. The predicted octanol–water partition coefficient (Wildman–Crippen LogP) is 3.27. The Morgan fingerprint density at radius 3 is 2.48 bits per heavy atom. The van der Waals surface area contributed by atoms with Gasteiger partial charge in [-0.3, -0.25) is 10.1 Å². The molecule has 0 saturated heterocycles. The van der Waals surface area contributed by atoms with Crippen LogP contribution >= 0.6 is 0 Å². The molecule has 0 atom stereocenters. The average molecular weight is 299 g/mol. The number of nitrogens with one attached hydrogen (secondary N) is 1. The number of carbonyl (C=O) groups is 1. The number of alkyl halides is 3. The second-order valence-electron chi connectivity index (χ2n) is 4.63. The lowest BCUT2D eigenvalue weighted by Gasteiger charge is -2.09. The van der Waals surface area contributed by atoms with Gasteiger partial charge in [0.25, 0.3) is 11.7 Å². The van der Waals surface area contributed by atoms with Crippen molar-refractivity contribution in [2.75, 3.05) is 5.32 Å². The molecule has 0 fully saturated rings. The van der Waals surface area contributed by atoms with E-state index in [1.54, 1.807) is 13.0 Å². The van der Waals surface area contributed by atoms with E-state index in [2.05, 4.69) is 20.0 Å². The smallest absolute Gasteiger partial charge is 0.315 e. The van der Waals surface area contributed by atoms with Gasteiger partial charge in [-0.05, 0) is 43.1 Å². The maximum atomic E-state index is 12.3. The summed E-state index contributed by atoms with van der Waals surface area (Å²) in [7, 11) is 0.